The van der Waals surface area contributed by atoms with Crippen LogP contribution in [0.1, 0.15) is 27.6 Å². The normalized spacial score (nSPS) is 10.1. The maximum Gasteiger partial charge on any atom is 0.252 e. The van der Waals surface area contributed by atoms with Crippen LogP contribution < -0.4 is 5.32 Å². The van der Waals surface area contributed by atoms with Crippen LogP contribution in [0.3, 0.4) is 0 Å². The lowest BCUT2D eigenvalue weighted by Gasteiger charge is -2.10. The second-order valence-corrected chi connectivity index (χ2v) is 5.31. The van der Waals surface area contributed by atoms with Crippen LogP contribution in [0.5, 0.6) is 0 Å². The quantitative estimate of drug-likeness (QED) is 0.876. The Morgan fingerprint density at radius 1 is 0.900 bits per heavy atom. The van der Waals surface area contributed by atoms with Gasteiger partial charge in [0.25, 0.3) is 5.91 Å². The van der Waals surface area contributed by atoms with E-state index in [4.69, 9.17) is 0 Å². The second kappa shape index (κ2) is 6.39. The van der Waals surface area contributed by atoms with Gasteiger partial charge in [-0.05, 0) is 25.1 Å². The Balaban J connectivity index is 2.41. The lowest BCUT2D eigenvalue weighted by molar-refractivity contribution is 0.0959. The largest absolute Gasteiger partial charge is 0.355 e. The fraction of sp³-hybridized carbons (Fsp3) is 0.125. The Bertz CT molecular complexity index is 652. The van der Waals surface area contributed by atoms with Gasteiger partial charge in [-0.2, -0.15) is 0 Å². The molecule has 0 aliphatic heterocycles. The number of Topliss-reactive ketones (excluding diaryl/α,β-unsaturated/α-hetero) is 1. The molecule has 102 valence electrons. The monoisotopic (exact) mass is 285 g/mol. The van der Waals surface area contributed by atoms with E-state index in [9.17, 15) is 9.59 Å². The number of rotatable bonds is 4. The van der Waals surface area contributed by atoms with Gasteiger partial charge in [0.1, 0.15) is 0 Å². The first-order valence-corrected chi connectivity index (χ1v) is 7.04. The molecule has 0 aromatic heterocycles. The molecule has 0 bridgehead atoms. The highest BCUT2D eigenvalue weighted by Crippen LogP contribution is 2.32. The highest BCUT2D eigenvalue weighted by molar-refractivity contribution is 7.99. The third-order valence-corrected chi connectivity index (χ3v) is 4.00. The van der Waals surface area contributed by atoms with Crippen LogP contribution in [0.2, 0.25) is 0 Å². The van der Waals surface area contributed by atoms with E-state index in [1.807, 2.05) is 36.4 Å². The smallest absolute Gasteiger partial charge is 0.252 e. The molecule has 0 unspecified atom stereocenters. The minimum Gasteiger partial charge on any atom is -0.355 e. The Morgan fingerprint density at radius 2 is 1.40 bits per heavy atom. The fourth-order valence-corrected chi connectivity index (χ4v) is 2.97. The lowest BCUT2D eigenvalue weighted by Crippen LogP contribution is -2.18. The molecule has 2 aromatic rings. The second-order valence-electron chi connectivity index (χ2n) is 4.23. The number of carbonyl (C=O) groups excluding carboxylic acids is 2. The summed E-state index contributed by atoms with van der Waals surface area (Å²) in [7, 11) is 1.60. The number of benzene rings is 2. The molecular weight excluding hydrogens is 270 g/mol. The van der Waals surface area contributed by atoms with Crippen molar-refractivity contribution in [1.82, 2.24) is 5.32 Å². The van der Waals surface area contributed by atoms with Gasteiger partial charge in [-0.15, -0.1) is 0 Å². The summed E-state index contributed by atoms with van der Waals surface area (Å²) in [6.07, 6.45) is 0. The molecule has 0 heterocycles. The summed E-state index contributed by atoms with van der Waals surface area (Å²) in [4.78, 5) is 25.2. The van der Waals surface area contributed by atoms with Crippen molar-refractivity contribution in [2.45, 2.75) is 16.7 Å². The zero-order valence-electron chi connectivity index (χ0n) is 11.3. The molecule has 0 radical (unpaired) electrons. The topological polar surface area (TPSA) is 46.2 Å². The summed E-state index contributed by atoms with van der Waals surface area (Å²) in [6.45, 7) is 1.55. The summed E-state index contributed by atoms with van der Waals surface area (Å²) in [5.41, 5.74) is 1.28. The minimum atomic E-state index is -0.131. The molecule has 20 heavy (non-hydrogen) atoms. The van der Waals surface area contributed by atoms with E-state index in [2.05, 4.69) is 5.32 Å². The first kappa shape index (κ1) is 14.3. The molecule has 0 saturated carbocycles. The summed E-state index contributed by atoms with van der Waals surface area (Å²) in [5, 5.41) is 2.63. The Hall–Kier alpha value is -2.07. The highest BCUT2D eigenvalue weighted by Gasteiger charge is 2.13. The molecule has 0 fully saturated rings. The molecule has 2 aromatic carbocycles. The maximum absolute atomic E-state index is 11.9. The fourth-order valence-electron chi connectivity index (χ4n) is 1.84. The molecule has 0 atom stereocenters. The third-order valence-electron chi connectivity index (χ3n) is 2.85. The predicted molar refractivity (Wildman–Crippen MR) is 80.4 cm³/mol. The van der Waals surface area contributed by atoms with E-state index >= 15 is 0 Å². The first-order chi connectivity index (χ1) is 9.63. The third kappa shape index (κ3) is 3.08. The molecule has 2 rings (SSSR count). The average molecular weight is 285 g/mol. The molecule has 0 spiro atoms. The van der Waals surface area contributed by atoms with Gasteiger partial charge in [0, 0.05) is 22.4 Å². The standard InChI is InChI=1S/C16H15NO2S/c1-11(18)12-7-3-5-9-14(12)20-15-10-6-4-8-13(15)16(19)17-2/h3-10H,1-2H3,(H,17,19). The molecule has 1 N–H and O–H groups in total. The van der Waals surface area contributed by atoms with Crippen LogP contribution in [0.15, 0.2) is 58.3 Å². The highest BCUT2D eigenvalue weighted by atomic mass is 32.2. The molecule has 0 aliphatic rings. The van der Waals surface area contributed by atoms with Crippen molar-refractivity contribution in [2.75, 3.05) is 7.05 Å². The number of amides is 1. The number of ketones is 1. The zero-order valence-corrected chi connectivity index (χ0v) is 12.2. The van der Waals surface area contributed by atoms with Gasteiger partial charge in [0.2, 0.25) is 0 Å². The van der Waals surface area contributed by atoms with Gasteiger partial charge >= 0.3 is 0 Å². The van der Waals surface area contributed by atoms with E-state index < -0.39 is 0 Å². The average Bonchev–Trinajstić information content (AvgIpc) is 2.47. The van der Waals surface area contributed by atoms with Crippen molar-refractivity contribution in [1.29, 1.82) is 0 Å². The van der Waals surface area contributed by atoms with Crippen LogP contribution in [0, 0.1) is 0 Å². The predicted octanol–water partition coefficient (Wildman–Crippen LogP) is 3.40. The van der Waals surface area contributed by atoms with Crippen LogP contribution in [0.4, 0.5) is 0 Å². The summed E-state index contributed by atoms with van der Waals surface area (Å²) < 4.78 is 0. The zero-order chi connectivity index (χ0) is 14.5. The Morgan fingerprint density at radius 3 is 1.95 bits per heavy atom. The van der Waals surface area contributed by atoms with Crippen molar-refractivity contribution in [3.05, 3.63) is 59.7 Å². The SMILES string of the molecule is CNC(=O)c1ccccc1Sc1ccccc1C(C)=O. The molecule has 4 heteroatoms. The van der Waals surface area contributed by atoms with Gasteiger partial charge in [0.15, 0.2) is 5.78 Å². The summed E-state index contributed by atoms with van der Waals surface area (Å²) in [6, 6.07) is 14.8. The number of nitrogens with one attached hydrogen (secondary N) is 1. The number of hydrogen-bond acceptors (Lipinski definition) is 3. The lowest BCUT2D eigenvalue weighted by atomic mass is 10.1. The van der Waals surface area contributed by atoms with Crippen LogP contribution in [0.25, 0.3) is 0 Å². The maximum atomic E-state index is 11.9. The van der Waals surface area contributed by atoms with Crippen LogP contribution in [-0.4, -0.2) is 18.7 Å². The Kier molecular flexibility index (Phi) is 4.58. The van der Waals surface area contributed by atoms with Crippen LogP contribution >= 0.6 is 11.8 Å². The van der Waals surface area contributed by atoms with Crippen molar-refractivity contribution < 1.29 is 9.59 Å². The van der Waals surface area contributed by atoms with E-state index in [0.717, 1.165) is 9.79 Å². The molecule has 0 aliphatic carbocycles. The van der Waals surface area contributed by atoms with Gasteiger partial charge in [0.05, 0.1) is 5.56 Å². The molecule has 1 amide bonds. The summed E-state index contributed by atoms with van der Waals surface area (Å²) >= 11 is 1.43. The minimum absolute atomic E-state index is 0.0190. The van der Waals surface area contributed by atoms with Gasteiger partial charge < -0.3 is 5.32 Å². The summed E-state index contributed by atoms with van der Waals surface area (Å²) in [5.74, 6) is -0.112. The van der Waals surface area contributed by atoms with Gasteiger partial charge in [-0.3, -0.25) is 9.59 Å². The van der Waals surface area contributed by atoms with E-state index in [-0.39, 0.29) is 11.7 Å². The molecule has 0 saturated heterocycles. The molecule has 3 nitrogen and oxygen atoms in total. The van der Waals surface area contributed by atoms with Crippen molar-refractivity contribution in [3.8, 4) is 0 Å². The molecular formula is C16H15NO2S. The Labute approximate surface area is 122 Å². The van der Waals surface area contributed by atoms with E-state index in [1.54, 1.807) is 26.1 Å². The first-order valence-electron chi connectivity index (χ1n) is 6.22. The van der Waals surface area contributed by atoms with E-state index in [0.29, 0.717) is 11.1 Å². The van der Waals surface area contributed by atoms with Crippen molar-refractivity contribution in [3.63, 3.8) is 0 Å². The van der Waals surface area contributed by atoms with E-state index in [1.165, 1.54) is 11.8 Å². The van der Waals surface area contributed by atoms with Gasteiger partial charge in [-0.25, -0.2) is 0 Å². The van der Waals surface area contributed by atoms with Crippen LogP contribution in [-0.2, 0) is 0 Å². The number of hydrogen-bond donors (Lipinski definition) is 1. The van der Waals surface area contributed by atoms with Crippen molar-refractivity contribution in [2.24, 2.45) is 0 Å². The van der Waals surface area contributed by atoms with Crippen molar-refractivity contribution >= 4 is 23.5 Å². The number of carbonyl (C=O) groups is 2. The van der Waals surface area contributed by atoms with Gasteiger partial charge in [-0.1, -0.05) is 42.1 Å².